The fourth-order valence-electron chi connectivity index (χ4n) is 3.88. The molecule has 0 heterocycles. The van der Waals surface area contributed by atoms with Gasteiger partial charge in [-0.05, 0) is 56.9 Å². The van der Waals surface area contributed by atoms with Crippen LogP contribution in [0.2, 0.25) is 0 Å². The molecule has 0 radical (unpaired) electrons. The van der Waals surface area contributed by atoms with Crippen LogP contribution in [0.4, 0.5) is 5.69 Å². The van der Waals surface area contributed by atoms with E-state index in [0.717, 1.165) is 24.3 Å². The summed E-state index contributed by atoms with van der Waals surface area (Å²) in [5.74, 6) is 0.700. The lowest BCUT2D eigenvalue weighted by molar-refractivity contribution is -0.166. The van der Waals surface area contributed by atoms with Crippen LogP contribution in [-0.2, 0) is 9.53 Å². The average Bonchev–Trinajstić information content (AvgIpc) is 3.09. The lowest BCUT2D eigenvalue weighted by atomic mass is 9.54. The van der Waals surface area contributed by atoms with Crippen LogP contribution in [0, 0.1) is 5.41 Å². The van der Waals surface area contributed by atoms with Gasteiger partial charge in [-0.25, -0.2) is 0 Å². The van der Waals surface area contributed by atoms with Crippen molar-refractivity contribution in [3.8, 4) is 5.75 Å². The summed E-state index contributed by atoms with van der Waals surface area (Å²) in [6.45, 7) is 6.58. The Morgan fingerprint density at radius 1 is 1.23 bits per heavy atom. The molecule has 26 heavy (non-hydrogen) atoms. The Balaban J connectivity index is 0.00000243. The Morgan fingerprint density at radius 3 is 2.38 bits per heavy atom. The Kier molecular flexibility index (Phi) is 6.59. The molecule has 6 heteroatoms. The topological polar surface area (TPSA) is 73.6 Å². The molecule has 2 atom stereocenters. The van der Waals surface area contributed by atoms with Gasteiger partial charge in [0, 0.05) is 24.1 Å². The highest BCUT2D eigenvalue weighted by molar-refractivity contribution is 5.99. The van der Waals surface area contributed by atoms with E-state index in [9.17, 15) is 4.79 Å². The molecule has 2 unspecified atom stereocenters. The van der Waals surface area contributed by atoms with E-state index in [2.05, 4.69) is 5.32 Å². The monoisotopic (exact) mass is 382 g/mol. The second-order valence-electron chi connectivity index (χ2n) is 7.84. The number of ether oxygens (including phenoxy) is 2. The number of amides is 1. The van der Waals surface area contributed by atoms with E-state index in [0.29, 0.717) is 19.1 Å². The Hall–Kier alpha value is -1.30. The molecule has 3 rings (SSSR count). The van der Waals surface area contributed by atoms with Crippen LogP contribution in [0.3, 0.4) is 0 Å². The van der Waals surface area contributed by atoms with Gasteiger partial charge >= 0.3 is 0 Å². The first-order valence-corrected chi connectivity index (χ1v) is 9.35. The zero-order valence-corrected chi connectivity index (χ0v) is 16.7. The molecule has 0 bridgehead atoms. The van der Waals surface area contributed by atoms with Crippen molar-refractivity contribution in [1.29, 1.82) is 0 Å². The van der Waals surface area contributed by atoms with Gasteiger partial charge in [0.05, 0.1) is 12.2 Å². The second-order valence-corrected chi connectivity index (χ2v) is 7.84. The molecule has 1 aromatic carbocycles. The third kappa shape index (κ3) is 3.85. The first-order valence-electron chi connectivity index (χ1n) is 9.35. The predicted octanol–water partition coefficient (Wildman–Crippen LogP) is 3.90. The molecule has 0 spiro atoms. The van der Waals surface area contributed by atoms with Gasteiger partial charge in [-0.15, -0.1) is 12.4 Å². The van der Waals surface area contributed by atoms with E-state index >= 15 is 0 Å². The maximum absolute atomic E-state index is 12.7. The highest BCUT2D eigenvalue weighted by Gasteiger charge is 2.62. The minimum absolute atomic E-state index is 0. The third-order valence-corrected chi connectivity index (χ3v) is 5.95. The number of hydrogen-bond donors (Lipinski definition) is 2. The Morgan fingerprint density at radius 2 is 1.85 bits per heavy atom. The van der Waals surface area contributed by atoms with Gasteiger partial charge in [0.25, 0.3) is 0 Å². The summed E-state index contributed by atoms with van der Waals surface area (Å²) < 4.78 is 11.6. The van der Waals surface area contributed by atoms with Gasteiger partial charge in [0.2, 0.25) is 5.91 Å². The molecule has 1 amide bonds. The van der Waals surface area contributed by atoms with Crippen molar-refractivity contribution in [2.75, 3.05) is 11.9 Å². The molecule has 0 saturated heterocycles. The van der Waals surface area contributed by atoms with E-state index in [1.807, 2.05) is 45.0 Å². The zero-order valence-electron chi connectivity index (χ0n) is 15.9. The molecule has 2 aliphatic carbocycles. The van der Waals surface area contributed by atoms with Crippen molar-refractivity contribution >= 4 is 24.0 Å². The molecule has 0 aromatic heterocycles. The molecule has 3 N–H and O–H groups in total. The standard InChI is InChI=1S/C20H30N2O3.ClH/c1-4-24-17-13-20(21,19(17,2)3)18(23)22-14-9-11-16(12-10-14)25-15-7-5-6-8-15;/h9-12,15,17H,4-8,13,21H2,1-3H3,(H,22,23);1H. The summed E-state index contributed by atoms with van der Waals surface area (Å²) in [6.07, 6.45) is 5.65. The molecular formula is C20H31ClN2O3. The number of nitrogens with one attached hydrogen (secondary N) is 1. The molecule has 2 fully saturated rings. The molecule has 146 valence electrons. The number of anilines is 1. The fourth-order valence-corrected chi connectivity index (χ4v) is 3.88. The van der Waals surface area contributed by atoms with Crippen LogP contribution < -0.4 is 15.8 Å². The number of hydrogen-bond acceptors (Lipinski definition) is 4. The number of benzene rings is 1. The third-order valence-electron chi connectivity index (χ3n) is 5.95. The normalized spacial score (nSPS) is 27.3. The van der Waals surface area contributed by atoms with Gasteiger partial charge in [-0.2, -0.15) is 0 Å². The van der Waals surface area contributed by atoms with E-state index in [1.54, 1.807) is 0 Å². The summed E-state index contributed by atoms with van der Waals surface area (Å²) in [7, 11) is 0. The molecule has 5 nitrogen and oxygen atoms in total. The quantitative estimate of drug-likeness (QED) is 0.782. The van der Waals surface area contributed by atoms with Crippen molar-refractivity contribution in [2.45, 2.75) is 70.6 Å². The van der Waals surface area contributed by atoms with Crippen LogP contribution in [0.1, 0.15) is 52.9 Å². The SMILES string of the molecule is CCOC1CC(N)(C(=O)Nc2ccc(OC3CCCC3)cc2)C1(C)C.Cl. The van der Waals surface area contributed by atoms with Crippen LogP contribution >= 0.6 is 12.4 Å². The molecular weight excluding hydrogens is 352 g/mol. The van der Waals surface area contributed by atoms with Crippen LogP contribution in [0.5, 0.6) is 5.75 Å². The molecule has 0 aliphatic heterocycles. The number of carbonyl (C=O) groups excluding carboxylic acids is 1. The highest BCUT2D eigenvalue weighted by Crippen LogP contribution is 2.50. The summed E-state index contributed by atoms with van der Waals surface area (Å²) in [5.41, 5.74) is 5.85. The van der Waals surface area contributed by atoms with Gasteiger partial charge < -0.3 is 20.5 Å². The van der Waals surface area contributed by atoms with Crippen LogP contribution in [0.25, 0.3) is 0 Å². The van der Waals surface area contributed by atoms with E-state index in [-0.39, 0.29) is 24.4 Å². The van der Waals surface area contributed by atoms with Gasteiger partial charge in [0.1, 0.15) is 11.3 Å². The average molecular weight is 383 g/mol. The predicted molar refractivity (Wildman–Crippen MR) is 106 cm³/mol. The van der Waals surface area contributed by atoms with Gasteiger partial charge in [-0.3, -0.25) is 4.79 Å². The van der Waals surface area contributed by atoms with Crippen molar-refractivity contribution in [3.63, 3.8) is 0 Å². The minimum atomic E-state index is -0.911. The zero-order chi connectivity index (χ0) is 18.1. The largest absolute Gasteiger partial charge is 0.490 e. The Labute approximate surface area is 162 Å². The fraction of sp³-hybridized carbons (Fsp3) is 0.650. The van der Waals surface area contributed by atoms with Gasteiger partial charge in [0.15, 0.2) is 0 Å². The smallest absolute Gasteiger partial charge is 0.245 e. The van der Waals surface area contributed by atoms with E-state index in [1.165, 1.54) is 12.8 Å². The van der Waals surface area contributed by atoms with E-state index < -0.39 is 11.0 Å². The second kappa shape index (κ2) is 8.15. The van der Waals surface area contributed by atoms with Crippen LogP contribution in [0.15, 0.2) is 24.3 Å². The summed E-state index contributed by atoms with van der Waals surface area (Å²) in [4.78, 5) is 12.7. The van der Waals surface area contributed by atoms with Crippen molar-refractivity contribution < 1.29 is 14.3 Å². The maximum atomic E-state index is 12.7. The minimum Gasteiger partial charge on any atom is -0.490 e. The van der Waals surface area contributed by atoms with Gasteiger partial charge in [-0.1, -0.05) is 13.8 Å². The number of nitrogens with two attached hydrogens (primary N) is 1. The maximum Gasteiger partial charge on any atom is 0.245 e. The number of halogens is 1. The lowest BCUT2D eigenvalue weighted by Gasteiger charge is -2.57. The first-order chi connectivity index (χ1) is 11.9. The van der Waals surface area contributed by atoms with Crippen LogP contribution in [-0.4, -0.2) is 30.3 Å². The van der Waals surface area contributed by atoms with Crippen molar-refractivity contribution in [2.24, 2.45) is 11.1 Å². The van der Waals surface area contributed by atoms with E-state index in [4.69, 9.17) is 15.2 Å². The highest BCUT2D eigenvalue weighted by atomic mass is 35.5. The first kappa shape index (κ1) is 21.0. The molecule has 1 aromatic rings. The molecule has 2 saturated carbocycles. The number of carbonyl (C=O) groups is 1. The Bertz CT molecular complexity index is 614. The summed E-state index contributed by atoms with van der Waals surface area (Å²) >= 11 is 0. The number of rotatable bonds is 6. The van der Waals surface area contributed by atoms with Crippen molar-refractivity contribution in [1.82, 2.24) is 0 Å². The molecule has 2 aliphatic rings. The van der Waals surface area contributed by atoms with Crippen molar-refractivity contribution in [3.05, 3.63) is 24.3 Å². The summed E-state index contributed by atoms with van der Waals surface area (Å²) in [6, 6.07) is 7.56. The summed E-state index contributed by atoms with van der Waals surface area (Å²) in [5, 5.41) is 2.95. The lowest BCUT2D eigenvalue weighted by Crippen LogP contribution is -2.74.